The fraction of sp³-hybridized carbons (Fsp3) is 0.300. The predicted molar refractivity (Wildman–Crippen MR) is 95.6 cm³/mol. The SMILES string of the molecule is Cc1cnc(-c2ccncc2)n1C1CCN(Cc2ccccc2)C1. The van der Waals surface area contributed by atoms with Gasteiger partial charge in [0, 0.05) is 55.5 Å². The second kappa shape index (κ2) is 6.57. The molecular formula is C20H22N4. The zero-order chi connectivity index (χ0) is 16.4. The fourth-order valence-corrected chi connectivity index (χ4v) is 3.63. The minimum absolute atomic E-state index is 0.486. The van der Waals surface area contributed by atoms with Crippen molar-refractivity contribution in [2.45, 2.75) is 25.9 Å². The van der Waals surface area contributed by atoms with Gasteiger partial charge in [0.15, 0.2) is 0 Å². The maximum atomic E-state index is 4.66. The Morgan fingerprint density at radius 1 is 1.08 bits per heavy atom. The Labute approximate surface area is 142 Å². The lowest BCUT2D eigenvalue weighted by Crippen LogP contribution is -2.21. The molecule has 1 aromatic carbocycles. The van der Waals surface area contributed by atoms with E-state index < -0.39 is 0 Å². The van der Waals surface area contributed by atoms with Gasteiger partial charge in [0.25, 0.3) is 0 Å². The van der Waals surface area contributed by atoms with Crippen molar-refractivity contribution in [2.24, 2.45) is 0 Å². The van der Waals surface area contributed by atoms with E-state index in [-0.39, 0.29) is 0 Å². The quantitative estimate of drug-likeness (QED) is 0.735. The van der Waals surface area contributed by atoms with Crippen molar-refractivity contribution >= 4 is 0 Å². The number of likely N-dealkylation sites (tertiary alicyclic amines) is 1. The van der Waals surface area contributed by atoms with Crippen LogP contribution in [-0.4, -0.2) is 32.5 Å². The first-order valence-electron chi connectivity index (χ1n) is 8.52. The van der Waals surface area contributed by atoms with E-state index in [1.165, 1.54) is 17.7 Å². The van der Waals surface area contributed by atoms with Crippen molar-refractivity contribution in [1.82, 2.24) is 19.4 Å². The summed E-state index contributed by atoms with van der Waals surface area (Å²) >= 11 is 0. The van der Waals surface area contributed by atoms with Crippen LogP contribution in [0.25, 0.3) is 11.4 Å². The Hall–Kier alpha value is -2.46. The molecule has 122 valence electrons. The van der Waals surface area contributed by atoms with E-state index in [2.05, 4.69) is 56.7 Å². The molecule has 0 N–H and O–H groups in total. The number of nitrogens with zero attached hydrogens (tertiary/aromatic N) is 4. The van der Waals surface area contributed by atoms with Crippen molar-refractivity contribution < 1.29 is 0 Å². The molecule has 3 heterocycles. The molecule has 24 heavy (non-hydrogen) atoms. The van der Waals surface area contributed by atoms with Gasteiger partial charge < -0.3 is 4.57 Å². The molecule has 1 saturated heterocycles. The number of imidazole rings is 1. The van der Waals surface area contributed by atoms with Gasteiger partial charge in [0.1, 0.15) is 5.82 Å². The highest BCUT2D eigenvalue weighted by Crippen LogP contribution is 2.30. The molecule has 0 spiro atoms. The van der Waals surface area contributed by atoms with Crippen molar-refractivity contribution in [1.29, 1.82) is 0 Å². The number of benzene rings is 1. The highest BCUT2D eigenvalue weighted by molar-refractivity contribution is 5.55. The van der Waals surface area contributed by atoms with Crippen LogP contribution in [0.1, 0.15) is 23.7 Å². The van der Waals surface area contributed by atoms with E-state index in [0.717, 1.165) is 31.0 Å². The summed E-state index contributed by atoms with van der Waals surface area (Å²) < 4.78 is 2.40. The number of hydrogen-bond acceptors (Lipinski definition) is 3. The molecule has 0 amide bonds. The maximum Gasteiger partial charge on any atom is 0.140 e. The summed E-state index contributed by atoms with van der Waals surface area (Å²) in [7, 11) is 0. The van der Waals surface area contributed by atoms with Crippen LogP contribution in [0, 0.1) is 6.92 Å². The first-order chi connectivity index (χ1) is 11.8. The van der Waals surface area contributed by atoms with Gasteiger partial charge >= 0.3 is 0 Å². The van der Waals surface area contributed by atoms with E-state index in [1.807, 2.05) is 30.7 Å². The number of aryl methyl sites for hydroxylation is 1. The van der Waals surface area contributed by atoms with Gasteiger partial charge in [-0.3, -0.25) is 9.88 Å². The molecular weight excluding hydrogens is 296 g/mol. The highest BCUT2D eigenvalue weighted by atomic mass is 15.2. The minimum Gasteiger partial charge on any atom is -0.324 e. The van der Waals surface area contributed by atoms with Gasteiger partial charge in [0.2, 0.25) is 0 Å². The Kier molecular flexibility index (Phi) is 4.13. The number of hydrogen-bond donors (Lipinski definition) is 0. The lowest BCUT2D eigenvalue weighted by Gasteiger charge is -2.19. The average molecular weight is 318 g/mol. The van der Waals surface area contributed by atoms with Gasteiger partial charge in [-0.05, 0) is 31.0 Å². The zero-order valence-electron chi connectivity index (χ0n) is 14.0. The van der Waals surface area contributed by atoms with Crippen LogP contribution in [-0.2, 0) is 6.54 Å². The highest BCUT2D eigenvalue weighted by Gasteiger charge is 2.26. The largest absolute Gasteiger partial charge is 0.324 e. The van der Waals surface area contributed by atoms with E-state index in [0.29, 0.717) is 6.04 Å². The van der Waals surface area contributed by atoms with Gasteiger partial charge in [-0.25, -0.2) is 4.98 Å². The Morgan fingerprint density at radius 3 is 2.67 bits per heavy atom. The third-order valence-electron chi connectivity index (χ3n) is 4.78. The van der Waals surface area contributed by atoms with Crippen LogP contribution < -0.4 is 0 Å². The maximum absolute atomic E-state index is 4.66. The molecule has 1 unspecified atom stereocenters. The van der Waals surface area contributed by atoms with Crippen LogP contribution in [0.4, 0.5) is 0 Å². The molecule has 4 heteroatoms. The molecule has 0 bridgehead atoms. The zero-order valence-corrected chi connectivity index (χ0v) is 14.0. The number of rotatable bonds is 4. The normalized spacial score (nSPS) is 18.1. The topological polar surface area (TPSA) is 34.0 Å². The van der Waals surface area contributed by atoms with Crippen LogP contribution in [0.2, 0.25) is 0 Å². The molecule has 4 rings (SSSR count). The lowest BCUT2D eigenvalue weighted by molar-refractivity contribution is 0.316. The number of aromatic nitrogens is 3. The molecule has 4 nitrogen and oxygen atoms in total. The van der Waals surface area contributed by atoms with Gasteiger partial charge in [-0.2, -0.15) is 0 Å². The molecule has 0 aliphatic carbocycles. The molecule has 1 aliphatic heterocycles. The van der Waals surface area contributed by atoms with E-state index in [9.17, 15) is 0 Å². The summed E-state index contributed by atoms with van der Waals surface area (Å²) in [5.41, 5.74) is 3.75. The molecule has 3 aromatic rings. The van der Waals surface area contributed by atoms with E-state index in [4.69, 9.17) is 0 Å². The second-order valence-electron chi connectivity index (χ2n) is 6.49. The summed E-state index contributed by atoms with van der Waals surface area (Å²) in [4.78, 5) is 11.3. The Balaban J connectivity index is 1.54. The Morgan fingerprint density at radius 2 is 1.88 bits per heavy atom. The first kappa shape index (κ1) is 15.1. The van der Waals surface area contributed by atoms with Crippen molar-refractivity contribution in [3.05, 3.63) is 72.3 Å². The summed E-state index contributed by atoms with van der Waals surface area (Å²) in [5, 5.41) is 0. The van der Waals surface area contributed by atoms with Gasteiger partial charge in [0.05, 0.1) is 0 Å². The Bertz CT molecular complexity index is 795. The summed E-state index contributed by atoms with van der Waals surface area (Å²) in [5.74, 6) is 1.06. The third-order valence-corrected chi connectivity index (χ3v) is 4.78. The molecule has 1 aliphatic rings. The molecule has 0 radical (unpaired) electrons. The molecule has 2 aromatic heterocycles. The van der Waals surface area contributed by atoms with E-state index >= 15 is 0 Å². The van der Waals surface area contributed by atoms with Crippen LogP contribution in [0.15, 0.2) is 61.1 Å². The fourth-order valence-electron chi connectivity index (χ4n) is 3.63. The lowest BCUT2D eigenvalue weighted by atomic mass is 10.2. The van der Waals surface area contributed by atoms with Crippen molar-refractivity contribution in [3.63, 3.8) is 0 Å². The summed E-state index contributed by atoms with van der Waals surface area (Å²) in [6.45, 7) is 5.38. The molecule has 0 saturated carbocycles. The number of pyridine rings is 1. The third kappa shape index (κ3) is 2.97. The standard InChI is InChI=1S/C20H22N4/c1-16-13-22-20(18-7-10-21-11-8-18)24(16)19-9-12-23(15-19)14-17-5-3-2-4-6-17/h2-8,10-11,13,19H,9,12,14-15H2,1H3. The van der Waals surface area contributed by atoms with Crippen LogP contribution >= 0.6 is 0 Å². The molecule has 1 atom stereocenters. The monoisotopic (exact) mass is 318 g/mol. The predicted octanol–water partition coefficient (Wildman–Crippen LogP) is 3.70. The molecule has 1 fully saturated rings. The second-order valence-corrected chi connectivity index (χ2v) is 6.49. The summed E-state index contributed by atoms with van der Waals surface area (Å²) in [6, 6.07) is 15.3. The van der Waals surface area contributed by atoms with Crippen molar-refractivity contribution in [2.75, 3.05) is 13.1 Å². The van der Waals surface area contributed by atoms with Crippen LogP contribution in [0.5, 0.6) is 0 Å². The summed E-state index contributed by atoms with van der Waals surface area (Å²) in [6.07, 6.45) is 6.82. The smallest absolute Gasteiger partial charge is 0.140 e. The first-order valence-corrected chi connectivity index (χ1v) is 8.52. The average Bonchev–Trinajstić information content (AvgIpc) is 3.23. The van der Waals surface area contributed by atoms with Crippen molar-refractivity contribution in [3.8, 4) is 11.4 Å². The van der Waals surface area contributed by atoms with E-state index in [1.54, 1.807) is 0 Å². The van der Waals surface area contributed by atoms with Gasteiger partial charge in [-0.1, -0.05) is 30.3 Å². The van der Waals surface area contributed by atoms with Gasteiger partial charge in [-0.15, -0.1) is 0 Å². The minimum atomic E-state index is 0.486. The van der Waals surface area contributed by atoms with Crippen LogP contribution in [0.3, 0.4) is 0 Å².